The van der Waals surface area contributed by atoms with Gasteiger partial charge in [0.1, 0.15) is 11.6 Å². The summed E-state index contributed by atoms with van der Waals surface area (Å²) in [7, 11) is 0. The van der Waals surface area contributed by atoms with Gasteiger partial charge in [-0.05, 0) is 57.9 Å². The Hall–Kier alpha value is -2.11. The molecule has 0 aliphatic heterocycles. The molecule has 1 aromatic carbocycles. The van der Waals surface area contributed by atoms with Crippen molar-refractivity contribution in [1.29, 1.82) is 0 Å². The predicted octanol–water partition coefficient (Wildman–Crippen LogP) is 4.00. The number of hydrogen-bond donors (Lipinski definition) is 1. The van der Waals surface area contributed by atoms with Gasteiger partial charge in [-0.25, -0.2) is 4.39 Å². The summed E-state index contributed by atoms with van der Waals surface area (Å²) < 4.78 is 23.8. The van der Waals surface area contributed by atoms with Crippen LogP contribution in [0.5, 0.6) is 5.75 Å². The quantitative estimate of drug-likeness (QED) is 0.548. The molecular weight excluding hydrogens is 349 g/mol. The summed E-state index contributed by atoms with van der Waals surface area (Å²) in [5, 5.41) is 2.93. The van der Waals surface area contributed by atoms with Crippen molar-refractivity contribution < 1.29 is 23.5 Å². The molecule has 0 heterocycles. The van der Waals surface area contributed by atoms with Crippen molar-refractivity contribution in [3.8, 4) is 5.75 Å². The van der Waals surface area contributed by atoms with E-state index in [0.29, 0.717) is 31.6 Å². The number of nitrogens with one attached hydrogen (secondary N) is 1. The second kappa shape index (κ2) is 9.20. The summed E-state index contributed by atoms with van der Waals surface area (Å²) >= 11 is 0. The highest BCUT2D eigenvalue weighted by atomic mass is 19.1. The largest absolute Gasteiger partial charge is 0.493 e. The summed E-state index contributed by atoms with van der Waals surface area (Å²) in [5.41, 5.74) is -1.02. The Balaban J connectivity index is 1.77. The molecule has 1 fully saturated rings. The van der Waals surface area contributed by atoms with E-state index in [1.807, 2.05) is 20.8 Å². The number of carbonyl (C=O) groups is 2. The molecule has 0 unspecified atom stereocenters. The van der Waals surface area contributed by atoms with Gasteiger partial charge in [0.25, 0.3) is 0 Å². The molecule has 6 heteroatoms. The van der Waals surface area contributed by atoms with Crippen LogP contribution in [0.2, 0.25) is 0 Å². The first-order valence-corrected chi connectivity index (χ1v) is 9.57. The Bertz CT molecular complexity index is 631. The zero-order valence-electron chi connectivity index (χ0n) is 16.5. The zero-order chi connectivity index (χ0) is 19.9. The second-order valence-electron chi connectivity index (χ2n) is 8.25. The number of ether oxygens (including phenoxy) is 2. The zero-order valence-corrected chi connectivity index (χ0v) is 16.5. The SMILES string of the molecule is CC(C)(C)NC(=O)CC1(C(=O)OCCCOc2ccc(F)cc2)CCCC1. The Morgan fingerprint density at radius 1 is 1.11 bits per heavy atom. The maximum absolute atomic E-state index is 12.8. The van der Waals surface area contributed by atoms with Gasteiger partial charge in [-0.2, -0.15) is 0 Å². The van der Waals surface area contributed by atoms with E-state index in [4.69, 9.17) is 9.47 Å². The molecule has 1 aliphatic rings. The highest BCUT2D eigenvalue weighted by Gasteiger charge is 2.44. The lowest BCUT2D eigenvalue weighted by Crippen LogP contribution is -2.44. The van der Waals surface area contributed by atoms with Gasteiger partial charge in [-0.15, -0.1) is 0 Å². The highest BCUT2D eigenvalue weighted by molar-refractivity contribution is 5.86. The average Bonchev–Trinajstić information content (AvgIpc) is 3.04. The molecule has 1 aromatic rings. The van der Waals surface area contributed by atoms with Crippen LogP contribution >= 0.6 is 0 Å². The molecule has 1 aliphatic carbocycles. The van der Waals surface area contributed by atoms with Crippen LogP contribution in [0.4, 0.5) is 4.39 Å². The molecule has 0 radical (unpaired) electrons. The van der Waals surface area contributed by atoms with Crippen LogP contribution < -0.4 is 10.1 Å². The Kier molecular flexibility index (Phi) is 7.22. The summed E-state index contributed by atoms with van der Waals surface area (Å²) in [5.74, 6) is -0.130. The summed E-state index contributed by atoms with van der Waals surface area (Å²) in [4.78, 5) is 25.0. The monoisotopic (exact) mass is 379 g/mol. The van der Waals surface area contributed by atoms with Crippen molar-refractivity contribution in [3.05, 3.63) is 30.1 Å². The molecule has 5 nitrogen and oxygen atoms in total. The number of rotatable bonds is 8. The minimum absolute atomic E-state index is 0.110. The number of hydrogen-bond acceptors (Lipinski definition) is 4. The van der Waals surface area contributed by atoms with Gasteiger partial charge in [0.05, 0.1) is 18.6 Å². The normalized spacial score (nSPS) is 16.0. The van der Waals surface area contributed by atoms with E-state index >= 15 is 0 Å². The van der Waals surface area contributed by atoms with Crippen LogP contribution in [-0.4, -0.2) is 30.6 Å². The van der Waals surface area contributed by atoms with Gasteiger partial charge < -0.3 is 14.8 Å². The van der Waals surface area contributed by atoms with Gasteiger partial charge in [-0.1, -0.05) is 12.8 Å². The lowest BCUT2D eigenvalue weighted by atomic mass is 9.82. The van der Waals surface area contributed by atoms with E-state index in [-0.39, 0.29) is 36.3 Å². The van der Waals surface area contributed by atoms with Crippen LogP contribution in [0, 0.1) is 11.2 Å². The third-order valence-electron chi connectivity index (χ3n) is 4.61. The molecular formula is C21H30FNO4. The summed E-state index contributed by atoms with van der Waals surface area (Å²) in [6.45, 7) is 6.38. The van der Waals surface area contributed by atoms with Crippen LogP contribution in [0.25, 0.3) is 0 Å². The number of esters is 1. The molecule has 1 N–H and O–H groups in total. The Labute approximate surface area is 160 Å². The Morgan fingerprint density at radius 3 is 2.33 bits per heavy atom. The summed E-state index contributed by atoms with van der Waals surface area (Å²) in [6, 6.07) is 5.79. The molecule has 1 saturated carbocycles. The van der Waals surface area contributed by atoms with Crippen LogP contribution in [-0.2, 0) is 14.3 Å². The Morgan fingerprint density at radius 2 is 1.74 bits per heavy atom. The van der Waals surface area contributed by atoms with E-state index in [1.165, 1.54) is 12.1 Å². The second-order valence-corrected chi connectivity index (χ2v) is 8.25. The molecule has 150 valence electrons. The van der Waals surface area contributed by atoms with E-state index in [1.54, 1.807) is 12.1 Å². The lowest BCUT2D eigenvalue weighted by Gasteiger charge is -2.28. The maximum Gasteiger partial charge on any atom is 0.312 e. The summed E-state index contributed by atoms with van der Waals surface area (Å²) in [6.07, 6.45) is 3.96. The molecule has 0 bridgehead atoms. The minimum atomic E-state index is -0.701. The van der Waals surface area contributed by atoms with Crippen molar-refractivity contribution in [1.82, 2.24) is 5.32 Å². The standard InChI is InChI=1S/C21H30FNO4/c1-20(2,3)23-18(24)15-21(11-4-5-12-21)19(25)27-14-6-13-26-17-9-7-16(22)8-10-17/h7-10H,4-6,11-15H2,1-3H3,(H,23,24). The molecule has 0 aromatic heterocycles. The van der Waals surface area contributed by atoms with Crippen molar-refractivity contribution in [2.45, 2.75) is 64.8 Å². The lowest BCUT2D eigenvalue weighted by molar-refractivity contribution is -0.158. The van der Waals surface area contributed by atoms with E-state index in [2.05, 4.69) is 5.32 Å². The highest BCUT2D eigenvalue weighted by Crippen LogP contribution is 2.42. The van der Waals surface area contributed by atoms with Gasteiger partial charge in [0.15, 0.2) is 0 Å². The molecule has 0 spiro atoms. The van der Waals surface area contributed by atoms with Gasteiger partial charge in [0.2, 0.25) is 5.91 Å². The predicted molar refractivity (Wildman–Crippen MR) is 101 cm³/mol. The van der Waals surface area contributed by atoms with Crippen molar-refractivity contribution in [2.24, 2.45) is 5.41 Å². The first kappa shape index (κ1) is 21.2. The van der Waals surface area contributed by atoms with E-state index < -0.39 is 5.41 Å². The van der Waals surface area contributed by atoms with Crippen molar-refractivity contribution in [3.63, 3.8) is 0 Å². The number of benzene rings is 1. The van der Waals surface area contributed by atoms with Gasteiger partial charge in [-0.3, -0.25) is 9.59 Å². The van der Waals surface area contributed by atoms with Crippen LogP contribution in [0.3, 0.4) is 0 Å². The first-order valence-electron chi connectivity index (χ1n) is 9.57. The van der Waals surface area contributed by atoms with Crippen molar-refractivity contribution in [2.75, 3.05) is 13.2 Å². The molecule has 1 amide bonds. The number of halogens is 1. The van der Waals surface area contributed by atoms with Crippen LogP contribution in [0.15, 0.2) is 24.3 Å². The first-order chi connectivity index (χ1) is 12.7. The van der Waals surface area contributed by atoms with Crippen molar-refractivity contribution >= 4 is 11.9 Å². The molecule has 0 atom stereocenters. The number of amides is 1. The fraction of sp³-hybridized carbons (Fsp3) is 0.619. The van der Waals surface area contributed by atoms with Gasteiger partial charge in [0, 0.05) is 18.4 Å². The minimum Gasteiger partial charge on any atom is -0.493 e. The third kappa shape index (κ3) is 6.85. The molecule has 0 saturated heterocycles. The van der Waals surface area contributed by atoms with Crippen LogP contribution in [0.1, 0.15) is 59.3 Å². The fourth-order valence-electron chi connectivity index (χ4n) is 3.37. The van der Waals surface area contributed by atoms with E-state index in [0.717, 1.165) is 12.8 Å². The fourth-order valence-corrected chi connectivity index (χ4v) is 3.37. The van der Waals surface area contributed by atoms with Gasteiger partial charge >= 0.3 is 5.97 Å². The smallest absolute Gasteiger partial charge is 0.312 e. The molecule has 27 heavy (non-hydrogen) atoms. The van der Waals surface area contributed by atoms with E-state index in [9.17, 15) is 14.0 Å². The maximum atomic E-state index is 12.8. The third-order valence-corrected chi connectivity index (χ3v) is 4.61. The average molecular weight is 379 g/mol. The molecule has 2 rings (SSSR count). The number of carbonyl (C=O) groups excluding carboxylic acids is 2. The topological polar surface area (TPSA) is 64.6 Å².